The van der Waals surface area contributed by atoms with Crippen molar-refractivity contribution in [2.24, 2.45) is 0 Å². The molecule has 0 saturated heterocycles. The van der Waals surface area contributed by atoms with Crippen LogP contribution in [0.1, 0.15) is 59.0 Å². The molecule has 0 saturated carbocycles. The van der Waals surface area contributed by atoms with Crippen LogP contribution < -0.4 is 0 Å². The Hall–Kier alpha value is -2.86. The largest absolute Gasteiger partial charge is 0.456 e. The molecule has 0 aliphatic carbocycles. The summed E-state index contributed by atoms with van der Waals surface area (Å²) in [5.74, 6) is -0.837. The number of aromatic nitrogens is 3. The number of nitrogens with zero attached hydrogens (tertiary/aromatic N) is 3. The zero-order valence-corrected chi connectivity index (χ0v) is 24.4. The topological polar surface area (TPSA) is 91.2 Å². The van der Waals surface area contributed by atoms with Crippen molar-refractivity contribution >= 4 is 61.8 Å². The Morgan fingerprint density at radius 2 is 1.70 bits per heavy atom. The van der Waals surface area contributed by atoms with Gasteiger partial charge in [-0.1, -0.05) is 41.4 Å². The summed E-state index contributed by atoms with van der Waals surface area (Å²) in [5, 5.41) is -1.93. The lowest BCUT2D eigenvalue weighted by Gasteiger charge is -2.21. The number of pyridine rings is 2. The maximum Gasteiger partial charge on any atom is 0.433 e. The lowest BCUT2D eigenvalue weighted by atomic mass is 10.1. The maximum absolute atomic E-state index is 13.9. The number of carbonyl (C=O) groups is 1. The van der Waals surface area contributed by atoms with Gasteiger partial charge in [-0.05, 0) is 57.5 Å². The normalized spacial score (nSPS) is 13.4. The van der Waals surface area contributed by atoms with Crippen molar-refractivity contribution < 1.29 is 31.1 Å². The van der Waals surface area contributed by atoms with E-state index >= 15 is 0 Å². The Kier molecular flexibility index (Phi) is 7.92. The summed E-state index contributed by atoms with van der Waals surface area (Å²) in [4.78, 5) is 20.2. The average molecular weight is 635 g/mol. The predicted octanol–water partition coefficient (Wildman–Crippen LogP) is 7.59. The number of halogens is 6. The summed E-state index contributed by atoms with van der Waals surface area (Å²) in [6.07, 6.45) is -3.77. The molecule has 0 fully saturated rings. The molecule has 40 heavy (non-hydrogen) atoms. The molecule has 4 aromatic rings. The minimum atomic E-state index is -4.86. The lowest BCUT2D eigenvalue weighted by Crippen LogP contribution is -2.24. The molecule has 0 aliphatic heterocycles. The van der Waals surface area contributed by atoms with Gasteiger partial charge in [0.15, 0.2) is 5.65 Å². The molecule has 0 aliphatic rings. The van der Waals surface area contributed by atoms with Gasteiger partial charge < -0.3 is 4.74 Å². The number of alkyl halides is 4. The molecule has 1 unspecified atom stereocenters. The minimum absolute atomic E-state index is 0.0941. The SMILES string of the molecule is Cc1cc(C(F)(F)F)nc2c1cc(C(Cl)c1c(Cl)ncc(C(=O)OC(C)(C)C)c1Cl)n2S(=O)(=O)c1ccccc1. The highest BCUT2D eigenvalue weighted by Gasteiger charge is 2.37. The third kappa shape index (κ3) is 5.65. The molecule has 0 amide bonds. The van der Waals surface area contributed by atoms with Gasteiger partial charge in [0.25, 0.3) is 10.0 Å². The third-order valence-electron chi connectivity index (χ3n) is 5.67. The highest BCUT2D eigenvalue weighted by atomic mass is 35.5. The molecule has 0 radical (unpaired) electrons. The van der Waals surface area contributed by atoms with Crippen LogP contribution in [-0.4, -0.2) is 33.9 Å². The maximum atomic E-state index is 13.9. The highest BCUT2D eigenvalue weighted by Crippen LogP contribution is 2.43. The predicted molar refractivity (Wildman–Crippen MR) is 146 cm³/mol. The molecule has 0 N–H and O–H groups in total. The molecule has 0 spiro atoms. The number of fused-ring (bicyclic) bond motifs is 1. The number of carbonyl (C=O) groups excluding carboxylic acids is 1. The second-order valence-corrected chi connectivity index (χ2v) is 12.7. The Balaban J connectivity index is 2.04. The van der Waals surface area contributed by atoms with Gasteiger partial charge in [-0.25, -0.2) is 27.2 Å². The lowest BCUT2D eigenvalue weighted by molar-refractivity contribution is -0.141. The molecular weight excluding hydrogens is 614 g/mol. The summed E-state index contributed by atoms with van der Waals surface area (Å²) < 4.78 is 74.8. The average Bonchev–Trinajstić information content (AvgIpc) is 3.24. The van der Waals surface area contributed by atoms with Crippen LogP contribution in [-0.2, 0) is 20.9 Å². The van der Waals surface area contributed by atoms with E-state index in [0.717, 1.165) is 12.3 Å². The van der Waals surface area contributed by atoms with Gasteiger partial charge in [0, 0.05) is 17.1 Å². The van der Waals surface area contributed by atoms with Crippen molar-refractivity contribution in [3.8, 4) is 0 Å². The zero-order valence-electron chi connectivity index (χ0n) is 21.3. The first-order valence-electron chi connectivity index (χ1n) is 11.6. The molecule has 3 aromatic heterocycles. The monoisotopic (exact) mass is 633 g/mol. The van der Waals surface area contributed by atoms with E-state index in [1.165, 1.54) is 37.3 Å². The fraction of sp³-hybridized carbons (Fsp3) is 0.269. The summed E-state index contributed by atoms with van der Waals surface area (Å²) >= 11 is 19.7. The van der Waals surface area contributed by atoms with Crippen LogP contribution >= 0.6 is 34.8 Å². The number of aryl methyl sites for hydroxylation is 1. The molecular formula is C26H21Cl3F3N3O4S. The second-order valence-electron chi connectivity index (χ2n) is 9.77. The molecule has 4 rings (SSSR count). The Morgan fingerprint density at radius 3 is 2.27 bits per heavy atom. The van der Waals surface area contributed by atoms with Gasteiger partial charge in [0.2, 0.25) is 0 Å². The summed E-state index contributed by atoms with van der Waals surface area (Å²) in [7, 11) is -4.56. The summed E-state index contributed by atoms with van der Waals surface area (Å²) in [6, 6.07) is 9.15. The van der Waals surface area contributed by atoms with Gasteiger partial charge in [-0.2, -0.15) is 13.2 Å². The molecule has 14 heteroatoms. The third-order valence-corrected chi connectivity index (χ3v) is 8.55. The smallest absolute Gasteiger partial charge is 0.433 e. The second kappa shape index (κ2) is 10.5. The van der Waals surface area contributed by atoms with E-state index in [2.05, 4.69) is 9.97 Å². The van der Waals surface area contributed by atoms with E-state index in [9.17, 15) is 26.4 Å². The molecule has 212 valence electrons. The number of hydrogen-bond donors (Lipinski definition) is 0. The van der Waals surface area contributed by atoms with Gasteiger partial charge >= 0.3 is 12.1 Å². The van der Waals surface area contributed by atoms with Crippen LogP contribution in [0.3, 0.4) is 0 Å². The van der Waals surface area contributed by atoms with Crippen LogP contribution in [0, 0.1) is 6.92 Å². The summed E-state index contributed by atoms with van der Waals surface area (Å²) in [5.41, 5.74) is -3.12. The highest BCUT2D eigenvalue weighted by molar-refractivity contribution is 7.90. The standard InChI is InChI=1S/C26H21Cl3F3N3O4S/c1-13-10-18(26(30,31)32)34-23-15(13)11-17(35(23)40(37,38)14-8-6-5-7-9-14)21(28)19-20(27)16(12-33-22(19)29)24(36)39-25(2,3)4/h5-12,21H,1-4H3. The van der Waals surface area contributed by atoms with Gasteiger partial charge in [0.05, 0.1) is 21.2 Å². The van der Waals surface area contributed by atoms with Crippen molar-refractivity contribution in [1.29, 1.82) is 0 Å². The number of hydrogen-bond acceptors (Lipinski definition) is 6. The van der Waals surface area contributed by atoms with Crippen molar-refractivity contribution in [2.75, 3.05) is 0 Å². The Morgan fingerprint density at radius 1 is 1.07 bits per heavy atom. The Bertz CT molecular complexity index is 1740. The number of rotatable bonds is 5. The van der Waals surface area contributed by atoms with E-state index in [0.29, 0.717) is 3.97 Å². The summed E-state index contributed by atoms with van der Waals surface area (Å²) in [6.45, 7) is 6.32. The van der Waals surface area contributed by atoms with E-state index < -0.39 is 44.5 Å². The van der Waals surface area contributed by atoms with Crippen LogP contribution in [0.15, 0.2) is 53.6 Å². The number of ether oxygens (including phenoxy) is 1. The molecule has 3 heterocycles. The van der Waals surface area contributed by atoms with E-state index in [-0.39, 0.29) is 42.8 Å². The fourth-order valence-electron chi connectivity index (χ4n) is 3.92. The van der Waals surface area contributed by atoms with E-state index in [1.807, 2.05) is 0 Å². The zero-order chi connectivity index (χ0) is 29.8. The first-order chi connectivity index (χ1) is 18.4. The molecule has 7 nitrogen and oxygen atoms in total. The van der Waals surface area contributed by atoms with Gasteiger partial charge in [0.1, 0.15) is 21.8 Å². The first kappa shape index (κ1) is 30.1. The van der Waals surface area contributed by atoms with Crippen LogP contribution in [0.2, 0.25) is 10.2 Å². The van der Waals surface area contributed by atoms with E-state index in [1.54, 1.807) is 26.8 Å². The van der Waals surface area contributed by atoms with Crippen molar-refractivity contribution in [3.05, 3.63) is 86.9 Å². The fourth-order valence-corrected chi connectivity index (χ4v) is 6.60. The first-order valence-corrected chi connectivity index (χ1v) is 14.2. The molecule has 1 aromatic carbocycles. The van der Waals surface area contributed by atoms with Crippen molar-refractivity contribution in [1.82, 2.24) is 13.9 Å². The number of benzene rings is 1. The number of esters is 1. The van der Waals surface area contributed by atoms with Crippen LogP contribution in [0.5, 0.6) is 0 Å². The van der Waals surface area contributed by atoms with Crippen LogP contribution in [0.25, 0.3) is 11.0 Å². The minimum Gasteiger partial charge on any atom is -0.456 e. The van der Waals surface area contributed by atoms with Crippen molar-refractivity contribution in [3.63, 3.8) is 0 Å². The molecule has 1 atom stereocenters. The van der Waals surface area contributed by atoms with E-state index in [4.69, 9.17) is 39.5 Å². The quantitative estimate of drug-likeness (QED) is 0.128. The Labute approximate surface area is 242 Å². The van der Waals surface area contributed by atoms with Gasteiger partial charge in [-0.3, -0.25) is 0 Å². The van der Waals surface area contributed by atoms with Crippen LogP contribution in [0.4, 0.5) is 13.2 Å². The molecule has 0 bridgehead atoms. The van der Waals surface area contributed by atoms with Gasteiger partial charge in [-0.15, -0.1) is 11.6 Å². The van der Waals surface area contributed by atoms with Crippen molar-refractivity contribution in [2.45, 2.75) is 49.7 Å².